The number of nitro groups is 1. The number of hydrogen-bond donors (Lipinski definition) is 0. The first-order chi connectivity index (χ1) is 15.4. The molecular weight excluding hydrogens is 410 g/mol. The van der Waals surface area contributed by atoms with Gasteiger partial charge in [-0.15, -0.1) is 0 Å². The fraction of sp³-hybridized carbons (Fsp3) is 0.333. The number of methoxy groups -OCH3 is 1. The van der Waals surface area contributed by atoms with Gasteiger partial charge >= 0.3 is 5.97 Å². The lowest BCUT2D eigenvalue weighted by atomic mass is 9.77. The number of para-hydroxylation sites is 1. The lowest BCUT2D eigenvalue weighted by Gasteiger charge is -2.30. The van der Waals surface area contributed by atoms with Gasteiger partial charge in [0.15, 0.2) is 0 Å². The molecule has 32 heavy (non-hydrogen) atoms. The maximum atomic E-state index is 12.1. The van der Waals surface area contributed by atoms with Crippen LogP contribution in [0.25, 0.3) is 0 Å². The van der Waals surface area contributed by atoms with Crippen LogP contribution in [0.1, 0.15) is 43.0 Å². The molecule has 0 amide bonds. The molecule has 1 heterocycles. The van der Waals surface area contributed by atoms with Crippen molar-refractivity contribution in [3.63, 3.8) is 0 Å². The summed E-state index contributed by atoms with van der Waals surface area (Å²) in [6.07, 6.45) is 3.01. The van der Waals surface area contributed by atoms with E-state index in [1.54, 1.807) is 44.2 Å². The minimum atomic E-state index is -0.469. The summed E-state index contributed by atoms with van der Waals surface area (Å²) in [5.41, 5.74) is 4.18. The number of nitrogens with zero attached hydrogens (tertiary/aromatic N) is 3. The molecule has 0 radical (unpaired) electrons. The predicted octanol–water partition coefficient (Wildman–Crippen LogP) is 4.39. The molecule has 8 nitrogen and oxygen atoms in total. The molecule has 2 atom stereocenters. The topological polar surface area (TPSA) is 94.3 Å². The first-order valence-corrected chi connectivity index (χ1v) is 10.6. The zero-order valence-electron chi connectivity index (χ0n) is 18.3. The van der Waals surface area contributed by atoms with Gasteiger partial charge in [0.2, 0.25) is 0 Å². The van der Waals surface area contributed by atoms with Crippen LogP contribution in [-0.4, -0.2) is 35.3 Å². The number of rotatable bonds is 6. The van der Waals surface area contributed by atoms with E-state index in [2.05, 4.69) is 0 Å². The monoisotopic (exact) mass is 435 g/mol. The van der Waals surface area contributed by atoms with Crippen molar-refractivity contribution in [3.05, 3.63) is 81.0 Å². The predicted molar refractivity (Wildman–Crippen MR) is 119 cm³/mol. The normalized spacial score (nSPS) is 19.7. The van der Waals surface area contributed by atoms with Crippen molar-refractivity contribution in [3.8, 4) is 5.75 Å². The minimum absolute atomic E-state index is 0.0410. The number of carbonyl (C=O) groups excluding carboxylic acids is 1. The molecule has 0 bridgehead atoms. The SMILES string of the molecule is CCOC(=O)/C=C(\C)N1N=C2c3cc(OC)ccc3CC[C@H]2[C@@H]1c1ccccc1[N+](=O)[O-]. The Balaban J connectivity index is 1.85. The molecule has 4 rings (SSSR count). The highest BCUT2D eigenvalue weighted by molar-refractivity contribution is 6.06. The van der Waals surface area contributed by atoms with Crippen LogP contribution in [0.15, 0.2) is 59.3 Å². The number of allylic oxidation sites excluding steroid dienone is 1. The smallest absolute Gasteiger partial charge is 0.332 e. The molecule has 0 saturated carbocycles. The third-order valence-electron chi connectivity index (χ3n) is 5.96. The zero-order chi connectivity index (χ0) is 22.8. The Bertz CT molecular complexity index is 1120. The average molecular weight is 435 g/mol. The van der Waals surface area contributed by atoms with Gasteiger partial charge < -0.3 is 9.47 Å². The number of ether oxygens (including phenoxy) is 2. The van der Waals surface area contributed by atoms with Crippen LogP contribution < -0.4 is 4.74 Å². The molecule has 0 N–H and O–H groups in total. The van der Waals surface area contributed by atoms with Gasteiger partial charge in [-0.05, 0) is 50.5 Å². The molecule has 0 saturated heterocycles. The zero-order valence-corrected chi connectivity index (χ0v) is 18.3. The third-order valence-corrected chi connectivity index (χ3v) is 5.96. The highest BCUT2D eigenvalue weighted by atomic mass is 16.6. The van der Waals surface area contributed by atoms with E-state index >= 15 is 0 Å². The molecule has 166 valence electrons. The molecule has 0 spiro atoms. The standard InChI is InChI=1S/C24H25N3O5/c1-4-32-22(28)13-15(2)26-24(18-7-5-6-8-21(18)27(29)30)19-12-10-16-9-11-17(31-3)14-20(16)23(19)25-26/h5-9,11,13-14,19,24H,4,10,12H2,1-3H3/b15-13+/t19-,24+/m1/s1. The molecule has 2 aromatic rings. The van der Waals surface area contributed by atoms with Gasteiger partial charge in [0.1, 0.15) is 5.75 Å². The summed E-state index contributed by atoms with van der Waals surface area (Å²) < 4.78 is 10.5. The van der Waals surface area contributed by atoms with Crippen LogP contribution in [0.4, 0.5) is 5.69 Å². The summed E-state index contributed by atoms with van der Waals surface area (Å²) in [6.45, 7) is 3.78. The molecule has 0 unspecified atom stereocenters. The quantitative estimate of drug-likeness (QED) is 0.289. The lowest BCUT2D eigenvalue weighted by molar-refractivity contribution is -0.386. The second-order valence-electron chi connectivity index (χ2n) is 7.80. The minimum Gasteiger partial charge on any atom is -0.497 e. The van der Waals surface area contributed by atoms with Crippen molar-refractivity contribution in [1.82, 2.24) is 5.01 Å². The Morgan fingerprint density at radius 2 is 2.09 bits per heavy atom. The van der Waals surface area contributed by atoms with Gasteiger partial charge in [0.25, 0.3) is 5.69 Å². The Labute approximate surface area is 186 Å². The number of nitro benzene ring substituents is 1. The molecule has 2 aromatic carbocycles. The maximum Gasteiger partial charge on any atom is 0.332 e. The molecule has 1 aliphatic carbocycles. The van der Waals surface area contributed by atoms with Gasteiger partial charge in [-0.25, -0.2) is 4.79 Å². The van der Waals surface area contributed by atoms with E-state index in [1.807, 2.05) is 18.2 Å². The van der Waals surface area contributed by atoms with Gasteiger partial charge in [-0.1, -0.05) is 18.2 Å². The van der Waals surface area contributed by atoms with E-state index in [0.29, 0.717) is 11.3 Å². The third kappa shape index (κ3) is 3.84. The van der Waals surface area contributed by atoms with E-state index in [4.69, 9.17) is 14.6 Å². The fourth-order valence-electron chi connectivity index (χ4n) is 4.54. The highest BCUT2D eigenvalue weighted by Crippen LogP contribution is 2.47. The molecule has 0 fully saturated rings. The Morgan fingerprint density at radius 3 is 2.81 bits per heavy atom. The van der Waals surface area contributed by atoms with Crippen molar-refractivity contribution < 1.29 is 19.2 Å². The largest absolute Gasteiger partial charge is 0.497 e. The number of fused-ring (bicyclic) bond motifs is 3. The summed E-state index contributed by atoms with van der Waals surface area (Å²) >= 11 is 0. The first kappa shape index (κ1) is 21.5. The van der Waals surface area contributed by atoms with Crippen LogP contribution in [-0.2, 0) is 16.0 Å². The van der Waals surface area contributed by atoms with Crippen LogP contribution in [0, 0.1) is 16.0 Å². The Kier molecular flexibility index (Phi) is 5.94. The Hall–Kier alpha value is -3.68. The van der Waals surface area contributed by atoms with E-state index in [0.717, 1.165) is 35.4 Å². The van der Waals surface area contributed by atoms with Crippen LogP contribution in [0.2, 0.25) is 0 Å². The maximum absolute atomic E-state index is 12.1. The van der Waals surface area contributed by atoms with Crippen molar-refractivity contribution >= 4 is 17.4 Å². The van der Waals surface area contributed by atoms with Crippen molar-refractivity contribution in [2.75, 3.05) is 13.7 Å². The molecule has 8 heteroatoms. The van der Waals surface area contributed by atoms with Gasteiger partial charge in [-0.2, -0.15) is 5.10 Å². The lowest BCUT2D eigenvalue weighted by Crippen LogP contribution is -2.29. The van der Waals surface area contributed by atoms with Gasteiger partial charge in [0.05, 0.1) is 36.0 Å². The first-order valence-electron chi connectivity index (χ1n) is 10.6. The molecule has 1 aliphatic heterocycles. The van der Waals surface area contributed by atoms with Crippen molar-refractivity contribution in [1.29, 1.82) is 0 Å². The van der Waals surface area contributed by atoms with E-state index < -0.39 is 12.0 Å². The molecule has 2 aliphatic rings. The van der Waals surface area contributed by atoms with Gasteiger partial charge in [-0.3, -0.25) is 15.1 Å². The molecular formula is C24H25N3O5. The summed E-state index contributed by atoms with van der Waals surface area (Å²) in [5, 5.41) is 18.4. The summed E-state index contributed by atoms with van der Waals surface area (Å²) in [6, 6.07) is 12.3. The van der Waals surface area contributed by atoms with Gasteiger partial charge in [0, 0.05) is 29.3 Å². The Morgan fingerprint density at radius 1 is 1.31 bits per heavy atom. The number of carbonyl (C=O) groups is 1. The average Bonchev–Trinajstić information content (AvgIpc) is 3.19. The van der Waals surface area contributed by atoms with E-state index in [1.165, 1.54) is 12.1 Å². The van der Waals surface area contributed by atoms with E-state index in [9.17, 15) is 14.9 Å². The van der Waals surface area contributed by atoms with E-state index in [-0.39, 0.29) is 23.1 Å². The second-order valence-corrected chi connectivity index (χ2v) is 7.80. The number of aryl methyl sites for hydroxylation is 1. The summed E-state index contributed by atoms with van der Waals surface area (Å²) in [4.78, 5) is 23.6. The summed E-state index contributed by atoms with van der Waals surface area (Å²) in [5.74, 6) is 0.191. The van der Waals surface area contributed by atoms with Crippen molar-refractivity contribution in [2.45, 2.75) is 32.7 Å². The summed E-state index contributed by atoms with van der Waals surface area (Å²) in [7, 11) is 1.62. The number of esters is 1. The highest BCUT2D eigenvalue weighted by Gasteiger charge is 2.44. The fourth-order valence-corrected chi connectivity index (χ4v) is 4.54. The number of hydrazone groups is 1. The van der Waals surface area contributed by atoms with Crippen LogP contribution >= 0.6 is 0 Å². The second kappa shape index (κ2) is 8.82. The van der Waals surface area contributed by atoms with Crippen LogP contribution in [0.5, 0.6) is 5.75 Å². The number of hydrogen-bond acceptors (Lipinski definition) is 7. The van der Waals surface area contributed by atoms with Crippen molar-refractivity contribution in [2.24, 2.45) is 11.0 Å². The number of benzene rings is 2. The molecule has 0 aromatic heterocycles. The van der Waals surface area contributed by atoms with Crippen LogP contribution in [0.3, 0.4) is 0 Å².